The second-order valence-electron chi connectivity index (χ2n) is 4.04. The van der Waals surface area contributed by atoms with E-state index in [9.17, 15) is 0 Å². The summed E-state index contributed by atoms with van der Waals surface area (Å²) in [5.41, 5.74) is 7.19. The summed E-state index contributed by atoms with van der Waals surface area (Å²) in [6.45, 7) is 4.39. The van der Waals surface area contributed by atoms with E-state index < -0.39 is 0 Å². The summed E-state index contributed by atoms with van der Waals surface area (Å²) in [6.07, 6.45) is 4.43. The van der Waals surface area contributed by atoms with Gasteiger partial charge in [0.25, 0.3) is 0 Å². The van der Waals surface area contributed by atoms with Gasteiger partial charge in [0, 0.05) is 23.6 Å². The maximum atomic E-state index is 6.01. The van der Waals surface area contributed by atoms with Crippen molar-refractivity contribution in [1.82, 2.24) is 4.98 Å². The Morgan fingerprint density at radius 1 is 1.44 bits per heavy atom. The highest BCUT2D eigenvalue weighted by Crippen LogP contribution is 2.18. The van der Waals surface area contributed by atoms with Gasteiger partial charge in [0.05, 0.1) is 5.69 Å². The van der Waals surface area contributed by atoms with Crippen LogP contribution in [0.1, 0.15) is 43.8 Å². The van der Waals surface area contributed by atoms with Gasteiger partial charge in [-0.3, -0.25) is 0 Å². The van der Waals surface area contributed by atoms with Crippen LogP contribution in [0, 0.1) is 0 Å². The molecule has 1 heterocycles. The largest absolute Gasteiger partial charge is 0.327 e. The normalized spacial score (nSPS) is 12.9. The van der Waals surface area contributed by atoms with Gasteiger partial charge >= 0.3 is 0 Å². The lowest BCUT2D eigenvalue weighted by atomic mass is 10.1. The SMILES string of the molecule is CCCSCc1nc(CC(N)CCC)cs1. The highest BCUT2D eigenvalue weighted by molar-refractivity contribution is 7.98. The van der Waals surface area contributed by atoms with E-state index in [-0.39, 0.29) is 6.04 Å². The van der Waals surface area contributed by atoms with Crippen molar-refractivity contribution < 1.29 is 0 Å². The topological polar surface area (TPSA) is 38.9 Å². The van der Waals surface area contributed by atoms with E-state index in [2.05, 4.69) is 24.2 Å². The average molecular weight is 258 g/mol. The minimum Gasteiger partial charge on any atom is -0.327 e. The van der Waals surface area contributed by atoms with Crippen molar-refractivity contribution in [3.63, 3.8) is 0 Å². The Morgan fingerprint density at radius 2 is 2.25 bits per heavy atom. The second kappa shape index (κ2) is 8.09. The zero-order chi connectivity index (χ0) is 11.8. The number of hydrogen-bond acceptors (Lipinski definition) is 4. The molecule has 1 unspecified atom stereocenters. The van der Waals surface area contributed by atoms with Crippen molar-refractivity contribution in [1.29, 1.82) is 0 Å². The molecule has 1 aromatic rings. The molecule has 4 heteroatoms. The molecule has 2 nitrogen and oxygen atoms in total. The van der Waals surface area contributed by atoms with Crippen LogP contribution in [-0.4, -0.2) is 16.8 Å². The third-order valence-electron chi connectivity index (χ3n) is 2.30. The fraction of sp³-hybridized carbons (Fsp3) is 0.750. The summed E-state index contributed by atoms with van der Waals surface area (Å²) < 4.78 is 0. The van der Waals surface area contributed by atoms with Crippen LogP contribution in [-0.2, 0) is 12.2 Å². The number of hydrogen-bond donors (Lipinski definition) is 1. The van der Waals surface area contributed by atoms with Crippen LogP contribution in [0.3, 0.4) is 0 Å². The quantitative estimate of drug-likeness (QED) is 0.726. The number of aromatic nitrogens is 1. The van der Waals surface area contributed by atoms with Crippen molar-refractivity contribution >= 4 is 23.1 Å². The summed E-state index contributed by atoms with van der Waals surface area (Å²) in [4.78, 5) is 4.62. The first-order valence-corrected chi connectivity index (χ1v) is 8.06. The van der Waals surface area contributed by atoms with E-state index in [4.69, 9.17) is 5.73 Å². The number of nitrogens with zero attached hydrogens (tertiary/aromatic N) is 1. The molecule has 0 amide bonds. The standard InChI is InChI=1S/C12H22N2S2/c1-3-5-10(13)7-11-8-16-12(14-11)9-15-6-4-2/h8,10H,3-7,9,13H2,1-2H3. The Balaban J connectivity index is 2.33. The number of nitrogens with two attached hydrogens (primary N) is 1. The number of thioether (sulfide) groups is 1. The van der Waals surface area contributed by atoms with Gasteiger partial charge in [-0.05, 0) is 18.6 Å². The van der Waals surface area contributed by atoms with E-state index in [1.165, 1.54) is 22.9 Å². The lowest BCUT2D eigenvalue weighted by Gasteiger charge is -2.06. The van der Waals surface area contributed by atoms with Gasteiger partial charge in [-0.25, -0.2) is 4.98 Å². The molecule has 0 saturated carbocycles. The molecule has 0 fully saturated rings. The van der Waals surface area contributed by atoms with Crippen LogP contribution >= 0.6 is 23.1 Å². The Labute approximate surface area is 107 Å². The molecule has 0 aliphatic rings. The number of thiazole rings is 1. The molecule has 16 heavy (non-hydrogen) atoms. The first kappa shape index (κ1) is 14.0. The van der Waals surface area contributed by atoms with E-state index in [1.807, 2.05) is 11.8 Å². The molecule has 0 aliphatic heterocycles. The molecular weight excluding hydrogens is 236 g/mol. The smallest absolute Gasteiger partial charge is 0.103 e. The molecule has 0 spiro atoms. The predicted molar refractivity (Wildman–Crippen MR) is 75.2 cm³/mol. The van der Waals surface area contributed by atoms with E-state index >= 15 is 0 Å². The van der Waals surface area contributed by atoms with Crippen molar-refractivity contribution in [2.45, 2.75) is 51.3 Å². The Kier molecular flexibility index (Phi) is 7.08. The maximum Gasteiger partial charge on any atom is 0.103 e. The van der Waals surface area contributed by atoms with Crippen molar-refractivity contribution in [3.05, 3.63) is 16.1 Å². The third kappa shape index (κ3) is 5.32. The summed E-state index contributed by atoms with van der Waals surface area (Å²) in [5.74, 6) is 2.28. The molecule has 2 N–H and O–H groups in total. The van der Waals surface area contributed by atoms with E-state index in [0.29, 0.717) is 0 Å². The van der Waals surface area contributed by atoms with Crippen LogP contribution in [0.25, 0.3) is 0 Å². The Morgan fingerprint density at radius 3 is 2.94 bits per heavy atom. The summed E-state index contributed by atoms with van der Waals surface area (Å²) in [5, 5.41) is 3.41. The van der Waals surface area contributed by atoms with Gasteiger partial charge in [0.1, 0.15) is 5.01 Å². The molecule has 92 valence electrons. The van der Waals surface area contributed by atoms with Crippen LogP contribution in [0.4, 0.5) is 0 Å². The zero-order valence-electron chi connectivity index (χ0n) is 10.2. The Bertz CT molecular complexity index is 286. The molecule has 1 rings (SSSR count). The first-order chi connectivity index (χ1) is 7.76. The molecule has 1 atom stereocenters. The van der Waals surface area contributed by atoms with Gasteiger partial charge in [-0.1, -0.05) is 20.3 Å². The fourth-order valence-electron chi connectivity index (χ4n) is 1.55. The van der Waals surface area contributed by atoms with Crippen molar-refractivity contribution in [2.24, 2.45) is 5.73 Å². The summed E-state index contributed by atoms with van der Waals surface area (Å²) in [7, 11) is 0. The summed E-state index contributed by atoms with van der Waals surface area (Å²) in [6, 6.07) is 0.281. The highest BCUT2D eigenvalue weighted by atomic mass is 32.2. The monoisotopic (exact) mass is 258 g/mol. The lowest BCUT2D eigenvalue weighted by molar-refractivity contribution is 0.594. The second-order valence-corrected chi connectivity index (χ2v) is 6.09. The average Bonchev–Trinajstić information content (AvgIpc) is 2.66. The third-order valence-corrected chi connectivity index (χ3v) is 4.56. The number of rotatable bonds is 8. The van der Waals surface area contributed by atoms with E-state index in [1.54, 1.807) is 11.3 Å². The lowest BCUT2D eigenvalue weighted by Crippen LogP contribution is -2.22. The van der Waals surface area contributed by atoms with Crippen molar-refractivity contribution in [2.75, 3.05) is 5.75 Å². The highest BCUT2D eigenvalue weighted by Gasteiger charge is 2.07. The van der Waals surface area contributed by atoms with Gasteiger partial charge in [0.2, 0.25) is 0 Å². The van der Waals surface area contributed by atoms with Crippen molar-refractivity contribution in [3.8, 4) is 0 Å². The molecule has 1 aromatic heterocycles. The van der Waals surface area contributed by atoms with Gasteiger partial charge in [-0.2, -0.15) is 11.8 Å². The molecule has 0 aromatic carbocycles. The van der Waals surface area contributed by atoms with E-state index in [0.717, 1.165) is 25.0 Å². The van der Waals surface area contributed by atoms with Crippen LogP contribution in [0.2, 0.25) is 0 Å². The zero-order valence-corrected chi connectivity index (χ0v) is 11.9. The first-order valence-electron chi connectivity index (χ1n) is 6.02. The van der Waals surface area contributed by atoms with Crippen LogP contribution in [0.5, 0.6) is 0 Å². The molecular formula is C12H22N2S2. The minimum atomic E-state index is 0.281. The van der Waals surface area contributed by atoms with Crippen LogP contribution < -0.4 is 5.73 Å². The fourth-order valence-corrected chi connectivity index (χ4v) is 3.34. The minimum absolute atomic E-state index is 0.281. The van der Waals surface area contributed by atoms with Crippen LogP contribution in [0.15, 0.2) is 5.38 Å². The van der Waals surface area contributed by atoms with Gasteiger partial charge in [-0.15, -0.1) is 11.3 Å². The Hall–Kier alpha value is -0.0600. The van der Waals surface area contributed by atoms with Gasteiger partial charge in [0.15, 0.2) is 0 Å². The maximum absolute atomic E-state index is 6.01. The molecule has 0 radical (unpaired) electrons. The predicted octanol–water partition coefficient (Wildman–Crippen LogP) is 3.46. The summed E-state index contributed by atoms with van der Waals surface area (Å²) >= 11 is 3.74. The van der Waals surface area contributed by atoms with Gasteiger partial charge < -0.3 is 5.73 Å². The molecule has 0 bridgehead atoms. The molecule has 0 aliphatic carbocycles. The molecule has 0 saturated heterocycles.